The summed E-state index contributed by atoms with van der Waals surface area (Å²) >= 11 is 3.73. The van der Waals surface area contributed by atoms with Gasteiger partial charge in [-0.15, -0.1) is 0 Å². The fourth-order valence-corrected chi connectivity index (χ4v) is 5.11. The van der Waals surface area contributed by atoms with Crippen molar-refractivity contribution in [3.05, 3.63) is 70.6 Å². The van der Waals surface area contributed by atoms with Gasteiger partial charge in [0, 0.05) is 63.4 Å². The van der Waals surface area contributed by atoms with Crippen molar-refractivity contribution in [2.45, 2.75) is 39.5 Å². The molecule has 4 heterocycles. The van der Waals surface area contributed by atoms with Gasteiger partial charge in [-0.25, -0.2) is 14.8 Å². The van der Waals surface area contributed by atoms with Gasteiger partial charge in [0.05, 0.1) is 10.2 Å². The quantitative estimate of drug-likeness (QED) is 0.327. The molecule has 4 aromatic rings. The third-order valence-electron chi connectivity index (χ3n) is 6.30. The molecule has 3 aromatic heterocycles. The number of halogens is 1. The summed E-state index contributed by atoms with van der Waals surface area (Å²) in [4.78, 5) is 34.0. The van der Waals surface area contributed by atoms with E-state index in [0.717, 1.165) is 65.4 Å². The van der Waals surface area contributed by atoms with Crippen molar-refractivity contribution < 1.29 is 9.53 Å². The van der Waals surface area contributed by atoms with Crippen molar-refractivity contribution in [3.8, 4) is 11.4 Å². The number of anilines is 1. The number of amides is 1. The van der Waals surface area contributed by atoms with Crippen LogP contribution in [0.25, 0.3) is 22.6 Å². The highest BCUT2D eigenvalue weighted by Gasteiger charge is 2.23. The Morgan fingerprint density at radius 1 is 1.11 bits per heavy atom. The van der Waals surface area contributed by atoms with Crippen LogP contribution in [0.4, 0.5) is 10.5 Å². The maximum absolute atomic E-state index is 12.1. The Labute approximate surface area is 230 Å². The molecule has 5 rings (SSSR count). The van der Waals surface area contributed by atoms with Crippen molar-refractivity contribution in [2.24, 2.45) is 0 Å². The molecule has 0 saturated carbocycles. The van der Waals surface area contributed by atoms with Crippen LogP contribution < -0.4 is 10.2 Å². The lowest BCUT2D eigenvalue weighted by molar-refractivity contribution is 0.0523. The summed E-state index contributed by atoms with van der Waals surface area (Å²) in [7, 11) is 0. The van der Waals surface area contributed by atoms with Gasteiger partial charge < -0.3 is 19.9 Å². The number of fused-ring (bicyclic) bond motifs is 1. The first kappa shape index (κ1) is 26.1. The highest BCUT2D eigenvalue weighted by molar-refractivity contribution is 9.10. The molecule has 0 bridgehead atoms. The van der Waals surface area contributed by atoms with E-state index in [9.17, 15) is 4.79 Å². The molecular weight excluding hydrogens is 546 g/mol. The molecule has 0 spiro atoms. The van der Waals surface area contributed by atoms with Gasteiger partial charge in [0.1, 0.15) is 16.9 Å². The number of hydrogen-bond acceptors (Lipinski definition) is 7. The smallest absolute Gasteiger partial charge is 0.407 e. The molecule has 2 N–H and O–H groups in total. The Morgan fingerprint density at radius 3 is 2.63 bits per heavy atom. The number of imidazole rings is 1. The van der Waals surface area contributed by atoms with Crippen LogP contribution in [0.3, 0.4) is 0 Å². The van der Waals surface area contributed by atoms with E-state index in [1.54, 1.807) is 0 Å². The number of benzene rings is 1. The maximum Gasteiger partial charge on any atom is 0.407 e. The van der Waals surface area contributed by atoms with Crippen LogP contribution in [0.15, 0.2) is 59.5 Å². The van der Waals surface area contributed by atoms with Crippen molar-refractivity contribution in [1.29, 1.82) is 0 Å². The third-order valence-corrected chi connectivity index (χ3v) is 6.88. The van der Waals surface area contributed by atoms with E-state index in [4.69, 9.17) is 9.72 Å². The van der Waals surface area contributed by atoms with Crippen LogP contribution in [0.5, 0.6) is 0 Å². The van der Waals surface area contributed by atoms with Crippen LogP contribution in [0, 0.1) is 0 Å². The minimum absolute atomic E-state index is 0.362. The molecule has 198 valence electrons. The van der Waals surface area contributed by atoms with Crippen molar-refractivity contribution in [3.63, 3.8) is 0 Å². The lowest BCUT2D eigenvalue weighted by Gasteiger charge is -2.36. The Morgan fingerprint density at radius 2 is 1.89 bits per heavy atom. The molecule has 10 heteroatoms. The number of H-pyrrole nitrogens is 1. The number of hydrogen-bond donors (Lipinski definition) is 2. The molecule has 0 radical (unpaired) electrons. The second-order valence-electron chi connectivity index (χ2n) is 10.4. The van der Waals surface area contributed by atoms with Crippen LogP contribution in [0.1, 0.15) is 31.9 Å². The Kier molecular flexibility index (Phi) is 7.62. The van der Waals surface area contributed by atoms with Crippen LogP contribution in [0.2, 0.25) is 0 Å². The minimum Gasteiger partial charge on any atom is -0.444 e. The number of carbonyl (C=O) groups is 1. The van der Waals surface area contributed by atoms with Gasteiger partial charge in [0.25, 0.3) is 0 Å². The summed E-state index contributed by atoms with van der Waals surface area (Å²) in [5.41, 5.74) is 5.24. The number of rotatable bonds is 6. The normalized spacial score (nSPS) is 14.6. The number of pyridine rings is 2. The van der Waals surface area contributed by atoms with Crippen LogP contribution in [-0.2, 0) is 17.8 Å². The fraction of sp³-hybridized carbons (Fsp3) is 0.357. The van der Waals surface area contributed by atoms with E-state index in [2.05, 4.69) is 52.1 Å². The highest BCUT2D eigenvalue weighted by Crippen LogP contribution is 2.34. The Balaban J connectivity index is 1.31. The molecule has 9 nitrogen and oxygen atoms in total. The van der Waals surface area contributed by atoms with E-state index in [1.165, 1.54) is 5.56 Å². The maximum atomic E-state index is 12.1. The zero-order chi connectivity index (χ0) is 26.7. The number of nitrogens with zero attached hydrogens (tertiary/aromatic N) is 5. The zero-order valence-corrected chi connectivity index (χ0v) is 23.5. The molecule has 0 atom stereocenters. The fourth-order valence-electron chi connectivity index (χ4n) is 4.56. The first-order valence-electron chi connectivity index (χ1n) is 12.7. The van der Waals surface area contributed by atoms with Crippen molar-refractivity contribution in [1.82, 2.24) is 30.2 Å². The van der Waals surface area contributed by atoms with E-state index >= 15 is 0 Å². The summed E-state index contributed by atoms with van der Waals surface area (Å²) in [6.07, 6.45) is 5.13. The molecule has 1 saturated heterocycles. The summed E-state index contributed by atoms with van der Waals surface area (Å²) in [5, 5.41) is 2.81. The van der Waals surface area contributed by atoms with Gasteiger partial charge in [-0.05, 0) is 60.0 Å². The zero-order valence-electron chi connectivity index (χ0n) is 21.9. The molecule has 1 fully saturated rings. The van der Waals surface area contributed by atoms with E-state index in [1.807, 2.05) is 69.7 Å². The first-order chi connectivity index (χ1) is 18.2. The molecular formula is C28H32BrN7O2. The number of aromatic nitrogens is 4. The van der Waals surface area contributed by atoms with Crippen LogP contribution in [-0.4, -0.2) is 62.7 Å². The summed E-state index contributed by atoms with van der Waals surface area (Å²) in [6.45, 7) is 10.5. The number of aromatic amines is 1. The number of carbonyl (C=O) groups excluding carboxylic acids is 1. The molecule has 38 heavy (non-hydrogen) atoms. The summed E-state index contributed by atoms with van der Waals surface area (Å²) in [5.74, 6) is 0.737. The highest BCUT2D eigenvalue weighted by atomic mass is 79.9. The summed E-state index contributed by atoms with van der Waals surface area (Å²) < 4.78 is 6.28. The third kappa shape index (κ3) is 6.31. The van der Waals surface area contributed by atoms with Gasteiger partial charge in [0.2, 0.25) is 0 Å². The Hall–Kier alpha value is -3.50. The second-order valence-corrected chi connectivity index (χ2v) is 11.3. The SMILES string of the molecule is CC(C)(C)OC(=O)NCc1cccc(-c2nc3ncc(Br)c(N4CCN(Cc5cccnc5)CC4)c3[nH]2)c1. The van der Waals surface area contributed by atoms with E-state index < -0.39 is 11.7 Å². The molecule has 0 unspecified atom stereocenters. The number of piperazine rings is 1. The van der Waals surface area contributed by atoms with E-state index in [-0.39, 0.29) is 0 Å². The first-order valence-corrected chi connectivity index (χ1v) is 13.5. The van der Waals surface area contributed by atoms with Crippen molar-refractivity contribution in [2.75, 3.05) is 31.1 Å². The van der Waals surface area contributed by atoms with Gasteiger partial charge >= 0.3 is 6.09 Å². The standard InChI is InChI=1S/C28H32BrN7O2/c1-28(2,3)38-27(37)32-16-19-6-4-8-21(14-19)25-33-23-24(22(29)17-31-26(23)34-25)36-12-10-35(11-13-36)18-20-7-5-9-30-15-20/h4-9,14-15,17H,10-13,16,18H2,1-3H3,(H,32,37)(H,31,33,34). The lowest BCUT2D eigenvalue weighted by atomic mass is 10.1. The van der Waals surface area contributed by atoms with Gasteiger partial charge in [-0.2, -0.15) is 0 Å². The topological polar surface area (TPSA) is 99.3 Å². The average molecular weight is 579 g/mol. The molecule has 1 amide bonds. The Bertz CT molecular complexity index is 1410. The second kappa shape index (κ2) is 11.1. The molecule has 0 aliphatic carbocycles. The van der Waals surface area contributed by atoms with Gasteiger partial charge in [0.15, 0.2) is 5.65 Å². The van der Waals surface area contributed by atoms with Gasteiger partial charge in [-0.3, -0.25) is 9.88 Å². The van der Waals surface area contributed by atoms with E-state index in [0.29, 0.717) is 12.2 Å². The molecule has 1 aliphatic rings. The van der Waals surface area contributed by atoms with Crippen LogP contribution >= 0.6 is 15.9 Å². The predicted molar refractivity (Wildman–Crippen MR) is 152 cm³/mol. The summed E-state index contributed by atoms with van der Waals surface area (Å²) in [6, 6.07) is 12.0. The molecule has 1 aromatic carbocycles. The number of ether oxygens (including phenoxy) is 1. The lowest BCUT2D eigenvalue weighted by Crippen LogP contribution is -2.46. The van der Waals surface area contributed by atoms with Crippen molar-refractivity contribution >= 4 is 38.9 Å². The minimum atomic E-state index is -0.537. The predicted octanol–water partition coefficient (Wildman–Crippen LogP) is 5.13. The monoisotopic (exact) mass is 577 g/mol. The number of alkyl carbamates (subject to hydrolysis) is 1. The average Bonchev–Trinajstić information content (AvgIpc) is 3.32. The number of nitrogens with one attached hydrogen (secondary N) is 2. The largest absolute Gasteiger partial charge is 0.444 e. The molecule has 1 aliphatic heterocycles. The van der Waals surface area contributed by atoms with Gasteiger partial charge in [-0.1, -0.05) is 24.3 Å².